The van der Waals surface area contributed by atoms with Crippen LogP contribution in [0.3, 0.4) is 0 Å². The topological polar surface area (TPSA) is 37.3 Å². The summed E-state index contributed by atoms with van der Waals surface area (Å²) >= 11 is 2.89. The summed E-state index contributed by atoms with van der Waals surface area (Å²) in [5.74, 6) is -1.39. The van der Waals surface area contributed by atoms with Gasteiger partial charge in [-0.15, -0.1) is 0 Å². The van der Waals surface area contributed by atoms with Gasteiger partial charge in [0.15, 0.2) is 0 Å². The first-order valence-electron chi connectivity index (χ1n) is 3.84. The monoisotopic (exact) mass is 282 g/mol. The maximum absolute atomic E-state index is 12.5. The number of halogens is 4. The van der Waals surface area contributed by atoms with Gasteiger partial charge in [-0.3, -0.25) is 0 Å². The second kappa shape index (κ2) is 3.84. The molecule has 0 aliphatic carbocycles. The molecule has 0 amide bonds. The van der Waals surface area contributed by atoms with Gasteiger partial charge in [-0.25, -0.2) is 4.79 Å². The Hall–Kier alpha value is -1.04. The van der Waals surface area contributed by atoms with E-state index in [0.717, 1.165) is 6.07 Å². The van der Waals surface area contributed by atoms with E-state index in [0.29, 0.717) is 6.07 Å². The molecule has 0 atom stereocenters. The lowest BCUT2D eigenvalue weighted by Crippen LogP contribution is -2.10. The van der Waals surface area contributed by atoms with Gasteiger partial charge in [0.05, 0.1) is 11.1 Å². The van der Waals surface area contributed by atoms with Gasteiger partial charge in [0.1, 0.15) is 0 Å². The van der Waals surface area contributed by atoms with E-state index < -0.39 is 17.7 Å². The van der Waals surface area contributed by atoms with E-state index in [1.165, 1.54) is 6.92 Å². The van der Waals surface area contributed by atoms with Gasteiger partial charge in [0.2, 0.25) is 0 Å². The predicted molar refractivity (Wildman–Crippen MR) is 50.8 cm³/mol. The van der Waals surface area contributed by atoms with Crippen LogP contribution in [0.5, 0.6) is 0 Å². The number of carbonyl (C=O) groups is 1. The molecule has 2 nitrogen and oxygen atoms in total. The van der Waals surface area contributed by atoms with Crippen molar-refractivity contribution >= 4 is 21.9 Å². The Morgan fingerprint density at radius 2 is 1.93 bits per heavy atom. The largest absolute Gasteiger partial charge is 0.478 e. The fourth-order valence-corrected chi connectivity index (χ4v) is 1.56. The number of hydrogen-bond acceptors (Lipinski definition) is 1. The van der Waals surface area contributed by atoms with Crippen LogP contribution in [0.25, 0.3) is 0 Å². The van der Waals surface area contributed by atoms with Crippen LogP contribution in [0.1, 0.15) is 21.5 Å². The minimum atomic E-state index is -4.54. The predicted octanol–water partition coefficient (Wildman–Crippen LogP) is 3.47. The summed E-state index contributed by atoms with van der Waals surface area (Å²) in [6, 6.07) is 1.77. The standard InChI is InChI=1S/C9H6BrF3O2/c1-4-6(9(11,12)13)2-5(8(14)15)3-7(4)10/h2-3H,1H3,(H,14,15). The van der Waals surface area contributed by atoms with Crippen molar-refractivity contribution in [2.45, 2.75) is 13.1 Å². The van der Waals surface area contributed by atoms with E-state index in [4.69, 9.17) is 5.11 Å². The molecule has 6 heteroatoms. The first-order valence-corrected chi connectivity index (χ1v) is 4.63. The molecule has 0 aliphatic heterocycles. The Morgan fingerprint density at radius 3 is 2.33 bits per heavy atom. The maximum atomic E-state index is 12.5. The SMILES string of the molecule is Cc1c(Br)cc(C(=O)O)cc1C(F)(F)F. The summed E-state index contributed by atoms with van der Waals surface area (Å²) in [5, 5.41) is 8.60. The van der Waals surface area contributed by atoms with Gasteiger partial charge in [-0.05, 0) is 24.6 Å². The lowest BCUT2D eigenvalue weighted by molar-refractivity contribution is -0.138. The third-order valence-corrected chi connectivity index (χ3v) is 2.72. The van der Waals surface area contributed by atoms with E-state index >= 15 is 0 Å². The Morgan fingerprint density at radius 1 is 1.40 bits per heavy atom. The molecule has 0 saturated heterocycles. The Labute approximate surface area is 91.8 Å². The van der Waals surface area contributed by atoms with Gasteiger partial charge >= 0.3 is 12.1 Å². The van der Waals surface area contributed by atoms with Crippen LogP contribution in [0, 0.1) is 6.92 Å². The van der Waals surface area contributed by atoms with Crippen molar-refractivity contribution in [2.75, 3.05) is 0 Å². The number of hydrogen-bond donors (Lipinski definition) is 1. The molecule has 82 valence electrons. The van der Waals surface area contributed by atoms with E-state index in [-0.39, 0.29) is 15.6 Å². The molecule has 0 aromatic heterocycles. The number of aromatic carboxylic acids is 1. The molecule has 0 radical (unpaired) electrons. The second-order valence-corrected chi connectivity index (χ2v) is 3.79. The van der Waals surface area contributed by atoms with Crippen molar-refractivity contribution in [3.8, 4) is 0 Å². The number of carboxylic acids is 1. The van der Waals surface area contributed by atoms with Crippen LogP contribution in [0.4, 0.5) is 13.2 Å². The molecule has 1 rings (SSSR count). The lowest BCUT2D eigenvalue weighted by atomic mass is 10.0. The molecule has 1 aromatic rings. The summed E-state index contributed by atoms with van der Waals surface area (Å²) in [6.07, 6.45) is -4.54. The Balaban J connectivity index is 3.45. The second-order valence-electron chi connectivity index (χ2n) is 2.93. The summed E-state index contributed by atoms with van der Waals surface area (Å²) in [6.45, 7) is 1.28. The zero-order valence-electron chi connectivity index (χ0n) is 7.52. The summed E-state index contributed by atoms with van der Waals surface area (Å²) < 4.78 is 37.5. The van der Waals surface area contributed by atoms with Crippen molar-refractivity contribution in [3.05, 3.63) is 33.3 Å². The summed E-state index contributed by atoms with van der Waals surface area (Å²) in [5.41, 5.74) is -1.35. The van der Waals surface area contributed by atoms with Crippen molar-refractivity contribution < 1.29 is 23.1 Å². The Kier molecular flexibility index (Phi) is 3.08. The molecule has 0 saturated carbocycles. The molecular formula is C9H6BrF3O2. The van der Waals surface area contributed by atoms with Gasteiger partial charge in [-0.2, -0.15) is 13.2 Å². The molecular weight excluding hydrogens is 277 g/mol. The van der Waals surface area contributed by atoms with Gasteiger partial charge in [0, 0.05) is 4.47 Å². The number of alkyl halides is 3. The minimum absolute atomic E-state index is 0.0208. The van der Waals surface area contributed by atoms with Crippen LogP contribution >= 0.6 is 15.9 Å². The molecule has 0 aliphatic rings. The summed E-state index contributed by atoms with van der Waals surface area (Å²) in [4.78, 5) is 10.6. The maximum Gasteiger partial charge on any atom is 0.416 e. The van der Waals surface area contributed by atoms with Crippen LogP contribution in [-0.4, -0.2) is 11.1 Å². The molecule has 0 fully saturated rings. The molecule has 0 spiro atoms. The van der Waals surface area contributed by atoms with E-state index in [1.54, 1.807) is 0 Å². The quantitative estimate of drug-likeness (QED) is 0.856. The average Bonchev–Trinajstić information content (AvgIpc) is 2.06. The van der Waals surface area contributed by atoms with Crippen LogP contribution in [-0.2, 0) is 6.18 Å². The third kappa shape index (κ3) is 2.50. The molecule has 0 bridgehead atoms. The molecule has 15 heavy (non-hydrogen) atoms. The lowest BCUT2D eigenvalue weighted by Gasteiger charge is -2.12. The third-order valence-electron chi connectivity index (χ3n) is 1.90. The zero-order valence-corrected chi connectivity index (χ0v) is 9.11. The van der Waals surface area contributed by atoms with Crippen LogP contribution in [0.15, 0.2) is 16.6 Å². The van der Waals surface area contributed by atoms with Crippen molar-refractivity contribution in [1.29, 1.82) is 0 Å². The van der Waals surface area contributed by atoms with Crippen molar-refractivity contribution in [1.82, 2.24) is 0 Å². The highest BCUT2D eigenvalue weighted by Gasteiger charge is 2.33. The van der Waals surface area contributed by atoms with Gasteiger partial charge in [-0.1, -0.05) is 15.9 Å². The van der Waals surface area contributed by atoms with E-state index in [9.17, 15) is 18.0 Å². The van der Waals surface area contributed by atoms with Crippen LogP contribution in [0.2, 0.25) is 0 Å². The van der Waals surface area contributed by atoms with Crippen molar-refractivity contribution in [3.63, 3.8) is 0 Å². The first kappa shape index (κ1) is 12.0. The van der Waals surface area contributed by atoms with Crippen molar-refractivity contribution in [2.24, 2.45) is 0 Å². The molecule has 1 N–H and O–H groups in total. The minimum Gasteiger partial charge on any atom is -0.478 e. The highest BCUT2D eigenvalue weighted by Crippen LogP contribution is 2.35. The highest BCUT2D eigenvalue weighted by molar-refractivity contribution is 9.10. The summed E-state index contributed by atoms with van der Waals surface area (Å²) in [7, 11) is 0. The number of carboxylic acid groups (broad SMARTS) is 1. The fraction of sp³-hybridized carbons (Fsp3) is 0.222. The van der Waals surface area contributed by atoms with Gasteiger partial charge in [0.25, 0.3) is 0 Å². The number of benzene rings is 1. The average molecular weight is 283 g/mol. The van der Waals surface area contributed by atoms with E-state index in [1.807, 2.05) is 0 Å². The fourth-order valence-electron chi connectivity index (χ4n) is 1.10. The van der Waals surface area contributed by atoms with E-state index in [2.05, 4.69) is 15.9 Å². The highest BCUT2D eigenvalue weighted by atomic mass is 79.9. The molecule has 1 aromatic carbocycles. The smallest absolute Gasteiger partial charge is 0.416 e. The number of rotatable bonds is 1. The van der Waals surface area contributed by atoms with Crippen LogP contribution < -0.4 is 0 Å². The van der Waals surface area contributed by atoms with Gasteiger partial charge < -0.3 is 5.11 Å². The molecule has 0 heterocycles. The zero-order chi connectivity index (χ0) is 11.8. The Bertz CT molecular complexity index is 413. The first-order chi connectivity index (χ1) is 6.73. The normalized spacial score (nSPS) is 11.5. The molecule has 0 unspecified atom stereocenters.